The second kappa shape index (κ2) is 7.94. The molecule has 0 aliphatic rings. The first-order valence-electron chi connectivity index (χ1n) is 7.75. The van der Waals surface area contributed by atoms with Crippen LogP contribution in [0.5, 0.6) is 5.75 Å². The first kappa shape index (κ1) is 18.7. The first-order valence-corrected chi connectivity index (χ1v) is 8.56. The highest BCUT2D eigenvalue weighted by Gasteiger charge is 2.19. The molecule has 1 aromatic carbocycles. The number of anilines is 1. The van der Waals surface area contributed by atoms with Gasteiger partial charge in [0.25, 0.3) is 5.91 Å². The molecule has 0 unspecified atom stereocenters. The van der Waals surface area contributed by atoms with Crippen LogP contribution in [0.15, 0.2) is 24.3 Å². The molecule has 2 aromatic rings. The summed E-state index contributed by atoms with van der Waals surface area (Å²) in [6.45, 7) is 5.56. The van der Waals surface area contributed by atoms with Crippen LogP contribution in [0.3, 0.4) is 0 Å². The maximum absolute atomic E-state index is 12.0. The number of esters is 1. The van der Waals surface area contributed by atoms with Crippen LogP contribution in [-0.2, 0) is 9.59 Å². The molecular weight excluding hydrogens is 340 g/mol. The number of primary amides is 1. The van der Waals surface area contributed by atoms with Gasteiger partial charge in [-0.2, -0.15) is 0 Å². The van der Waals surface area contributed by atoms with E-state index in [1.165, 1.54) is 11.3 Å². The fraction of sp³-hybridized carbons (Fsp3) is 0.278. The lowest BCUT2D eigenvalue weighted by Crippen LogP contribution is -2.18. The number of nitrogens with two attached hydrogens (primary N) is 1. The third-order valence-corrected chi connectivity index (χ3v) is 4.82. The van der Waals surface area contributed by atoms with Gasteiger partial charge in [0.15, 0.2) is 0 Å². The van der Waals surface area contributed by atoms with Gasteiger partial charge < -0.3 is 15.8 Å². The van der Waals surface area contributed by atoms with E-state index in [-0.39, 0.29) is 18.7 Å². The minimum Gasteiger partial charge on any atom is -0.427 e. The number of carbonyl (C=O) groups excluding carboxylic acids is 3. The van der Waals surface area contributed by atoms with Crippen LogP contribution in [0.4, 0.5) is 5.00 Å². The first-order chi connectivity index (χ1) is 11.8. The van der Waals surface area contributed by atoms with Crippen LogP contribution in [0, 0.1) is 20.8 Å². The van der Waals surface area contributed by atoms with E-state index in [2.05, 4.69) is 5.32 Å². The number of ether oxygens (including phenoxy) is 1. The van der Waals surface area contributed by atoms with Gasteiger partial charge in [0.05, 0.1) is 12.0 Å². The topological polar surface area (TPSA) is 98.5 Å². The molecule has 132 valence electrons. The summed E-state index contributed by atoms with van der Waals surface area (Å²) in [5, 5.41) is 3.07. The predicted octanol–water partition coefficient (Wildman–Crippen LogP) is 3.10. The molecule has 0 aliphatic carbocycles. The van der Waals surface area contributed by atoms with E-state index in [0.29, 0.717) is 16.3 Å². The summed E-state index contributed by atoms with van der Waals surface area (Å²) in [6.07, 6.45) is -0.103. The quantitative estimate of drug-likeness (QED) is 0.611. The van der Waals surface area contributed by atoms with Crippen LogP contribution < -0.4 is 15.8 Å². The molecule has 0 aliphatic heterocycles. The fourth-order valence-corrected chi connectivity index (χ4v) is 3.29. The number of hydrogen-bond donors (Lipinski definition) is 2. The third kappa shape index (κ3) is 4.90. The summed E-state index contributed by atoms with van der Waals surface area (Å²) in [6, 6.07) is 7.07. The van der Waals surface area contributed by atoms with Crippen molar-refractivity contribution in [3.05, 3.63) is 45.8 Å². The molecule has 25 heavy (non-hydrogen) atoms. The Morgan fingerprint density at radius 1 is 1.08 bits per heavy atom. The van der Waals surface area contributed by atoms with Gasteiger partial charge >= 0.3 is 5.97 Å². The van der Waals surface area contributed by atoms with Gasteiger partial charge in [-0.1, -0.05) is 17.7 Å². The Labute approximate surface area is 150 Å². The molecule has 1 heterocycles. The molecule has 2 rings (SSSR count). The molecule has 0 saturated carbocycles. The summed E-state index contributed by atoms with van der Waals surface area (Å²) < 4.78 is 5.16. The molecule has 1 aromatic heterocycles. The summed E-state index contributed by atoms with van der Waals surface area (Å²) in [4.78, 5) is 36.3. The normalized spacial score (nSPS) is 10.4. The monoisotopic (exact) mass is 360 g/mol. The number of hydrogen-bond acceptors (Lipinski definition) is 5. The summed E-state index contributed by atoms with van der Waals surface area (Å²) >= 11 is 1.29. The van der Waals surface area contributed by atoms with Crippen molar-refractivity contribution in [2.45, 2.75) is 33.6 Å². The van der Waals surface area contributed by atoms with E-state index in [4.69, 9.17) is 10.5 Å². The van der Waals surface area contributed by atoms with Crippen molar-refractivity contribution in [1.29, 1.82) is 0 Å². The van der Waals surface area contributed by atoms with Crippen LogP contribution in [0.1, 0.15) is 39.2 Å². The minimum atomic E-state index is -0.587. The molecule has 3 N–H and O–H groups in total. The molecule has 6 nitrogen and oxygen atoms in total. The Bertz CT molecular complexity index is 809. The third-order valence-electron chi connectivity index (χ3n) is 3.69. The Morgan fingerprint density at radius 3 is 2.32 bits per heavy atom. The van der Waals surface area contributed by atoms with Crippen molar-refractivity contribution >= 4 is 34.1 Å². The lowest BCUT2D eigenvalue weighted by Gasteiger charge is -2.06. The molecule has 0 bridgehead atoms. The van der Waals surface area contributed by atoms with E-state index in [0.717, 1.165) is 16.0 Å². The van der Waals surface area contributed by atoms with Crippen molar-refractivity contribution in [1.82, 2.24) is 0 Å². The molecule has 0 atom stereocenters. The van der Waals surface area contributed by atoms with E-state index in [1.807, 2.05) is 26.0 Å². The molecular formula is C18H20N2O4S. The Balaban J connectivity index is 1.90. The zero-order valence-electron chi connectivity index (χ0n) is 14.3. The second-order valence-corrected chi connectivity index (χ2v) is 6.91. The molecule has 0 spiro atoms. The second-order valence-electron chi connectivity index (χ2n) is 5.69. The average molecular weight is 360 g/mol. The Morgan fingerprint density at radius 2 is 1.72 bits per heavy atom. The van der Waals surface area contributed by atoms with Crippen molar-refractivity contribution in [2.75, 3.05) is 5.32 Å². The molecule has 7 heteroatoms. The van der Waals surface area contributed by atoms with Gasteiger partial charge in [-0.05, 0) is 38.5 Å². The van der Waals surface area contributed by atoms with Crippen LogP contribution in [0.2, 0.25) is 0 Å². The van der Waals surface area contributed by atoms with E-state index < -0.39 is 11.9 Å². The van der Waals surface area contributed by atoms with Crippen LogP contribution in [0.25, 0.3) is 0 Å². The van der Waals surface area contributed by atoms with Gasteiger partial charge in [-0.3, -0.25) is 14.4 Å². The van der Waals surface area contributed by atoms with Crippen molar-refractivity contribution < 1.29 is 19.1 Å². The average Bonchev–Trinajstić information content (AvgIpc) is 2.82. The molecule has 0 fully saturated rings. The van der Waals surface area contributed by atoms with Gasteiger partial charge in [-0.25, -0.2) is 0 Å². The van der Waals surface area contributed by atoms with E-state index in [9.17, 15) is 14.4 Å². The number of thiophene rings is 1. The zero-order chi connectivity index (χ0) is 18.6. The van der Waals surface area contributed by atoms with Gasteiger partial charge in [0.1, 0.15) is 10.8 Å². The smallest absolute Gasteiger partial charge is 0.311 e. The number of nitrogens with one attached hydrogen (secondary N) is 1. The summed E-state index contributed by atoms with van der Waals surface area (Å²) in [5.41, 5.74) is 7.50. The minimum absolute atomic E-state index is 0.0428. The van der Waals surface area contributed by atoms with Crippen molar-refractivity contribution in [3.63, 3.8) is 0 Å². The Kier molecular flexibility index (Phi) is 5.93. The number of rotatable bonds is 6. The highest BCUT2D eigenvalue weighted by molar-refractivity contribution is 7.16. The fourth-order valence-electron chi connectivity index (χ4n) is 2.21. The zero-order valence-corrected chi connectivity index (χ0v) is 15.2. The summed E-state index contributed by atoms with van der Waals surface area (Å²) in [5.74, 6) is -1.01. The maximum Gasteiger partial charge on any atom is 0.311 e. The van der Waals surface area contributed by atoms with Gasteiger partial charge in [0.2, 0.25) is 5.91 Å². The summed E-state index contributed by atoms with van der Waals surface area (Å²) in [7, 11) is 0. The highest BCUT2D eigenvalue weighted by atomic mass is 32.1. The van der Waals surface area contributed by atoms with E-state index >= 15 is 0 Å². The highest BCUT2D eigenvalue weighted by Crippen LogP contribution is 2.32. The van der Waals surface area contributed by atoms with Crippen molar-refractivity contribution in [2.24, 2.45) is 5.73 Å². The van der Waals surface area contributed by atoms with Gasteiger partial charge in [0, 0.05) is 11.3 Å². The molecule has 0 radical (unpaired) electrons. The number of amides is 2. The predicted molar refractivity (Wildman–Crippen MR) is 97.0 cm³/mol. The number of carbonyl (C=O) groups is 3. The Hall–Kier alpha value is -2.67. The standard InChI is InChI=1S/C18H20N2O4S/c1-10-4-6-13(7-5-10)24-15(22)9-8-14(21)20-18-16(17(19)23)11(2)12(3)25-18/h4-7H,8-9H2,1-3H3,(H2,19,23)(H,20,21). The molecule has 2 amide bonds. The van der Waals surface area contributed by atoms with Crippen molar-refractivity contribution in [3.8, 4) is 5.75 Å². The SMILES string of the molecule is Cc1ccc(OC(=O)CCC(=O)Nc2sc(C)c(C)c2C(N)=O)cc1. The lowest BCUT2D eigenvalue weighted by atomic mass is 10.1. The van der Waals surface area contributed by atoms with Crippen LogP contribution in [-0.4, -0.2) is 17.8 Å². The number of aryl methyl sites for hydroxylation is 2. The largest absolute Gasteiger partial charge is 0.427 e. The number of benzene rings is 1. The van der Waals surface area contributed by atoms with Crippen LogP contribution >= 0.6 is 11.3 Å². The van der Waals surface area contributed by atoms with E-state index in [1.54, 1.807) is 19.1 Å². The maximum atomic E-state index is 12.0. The van der Waals surface area contributed by atoms with Gasteiger partial charge in [-0.15, -0.1) is 11.3 Å². The molecule has 0 saturated heterocycles. The lowest BCUT2D eigenvalue weighted by molar-refractivity contribution is -0.135.